The lowest BCUT2D eigenvalue weighted by atomic mass is 9.95. The van der Waals surface area contributed by atoms with Gasteiger partial charge in [0.05, 0.1) is 19.1 Å². The van der Waals surface area contributed by atoms with Crippen molar-refractivity contribution < 1.29 is 14.3 Å². The molecule has 0 atom stereocenters. The number of benzene rings is 3. The second-order valence-electron chi connectivity index (χ2n) is 9.74. The number of nitrogens with zero attached hydrogens (tertiary/aromatic N) is 4. The Morgan fingerprint density at radius 2 is 1.83 bits per heavy atom. The molecule has 0 radical (unpaired) electrons. The van der Waals surface area contributed by atoms with Crippen molar-refractivity contribution in [3.05, 3.63) is 88.9 Å². The van der Waals surface area contributed by atoms with Crippen LogP contribution in [0.15, 0.2) is 83.1 Å². The van der Waals surface area contributed by atoms with Crippen molar-refractivity contribution in [3.63, 3.8) is 0 Å². The van der Waals surface area contributed by atoms with Gasteiger partial charge < -0.3 is 9.47 Å². The second-order valence-corrected chi connectivity index (χ2v) is 11.1. The molecule has 41 heavy (non-hydrogen) atoms. The Morgan fingerprint density at radius 1 is 1.05 bits per heavy atom. The summed E-state index contributed by atoms with van der Waals surface area (Å²) in [5.74, 6) is 1.96. The predicted octanol–water partition coefficient (Wildman–Crippen LogP) is 6.93. The van der Waals surface area contributed by atoms with E-state index < -0.39 is 0 Å². The third kappa shape index (κ3) is 7.68. The molecule has 0 aliphatic heterocycles. The maximum atomic E-state index is 12.6. The first kappa shape index (κ1) is 28.7. The van der Waals surface area contributed by atoms with Crippen molar-refractivity contribution in [2.45, 2.75) is 49.9 Å². The van der Waals surface area contributed by atoms with E-state index in [1.807, 2.05) is 72.8 Å². The van der Waals surface area contributed by atoms with Crippen LogP contribution < -0.4 is 14.9 Å². The number of aromatic nitrogens is 3. The molecule has 1 N–H and O–H groups in total. The maximum Gasteiger partial charge on any atom is 0.250 e. The number of amides is 1. The third-order valence-corrected chi connectivity index (χ3v) is 8.06. The van der Waals surface area contributed by atoms with Crippen molar-refractivity contribution in [2.24, 2.45) is 5.10 Å². The molecule has 0 bridgehead atoms. The minimum atomic E-state index is -0.229. The predicted molar refractivity (Wildman–Crippen MR) is 163 cm³/mol. The number of hydrazone groups is 1. The van der Waals surface area contributed by atoms with Gasteiger partial charge in [-0.3, -0.25) is 9.36 Å². The Bertz CT molecular complexity index is 1470. The molecule has 10 heteroatoms. The molecule has 1 aliphatic carbocycles. The fourth-order valence-electron chi connectivity index (χ4n) is 4.80. The largest absolute Gasteiger partial charge is 0.493 e. The topological polar surface area (TPSA) is 90.6 Å². The Labute approximate surface area is 249 Å². The highest BCUT2D eigenvalue weighted by molar-refractivity contribution is 7.99. The van der Waals surface area contributed by atoms with Crippen LogP contribution >= 0.6 is 23.4 Å². The Hall–Kier alpha value is -3.82. The first-order chi connectivity index (χ1) is 20.1. The van der Waals surface area contributed by atoms with Gasteiger partial charge in [-0.15, -0.1) is 10.2 Å². The van der Waals surface area contributed by atoms with Crippen LogP contribution in [0.4, 0.5) is 0 Å². The van der Waals surface area contributed by atoms with Gasteiger partial charge >= 0.3 is 0 Å². The molecule has 1 saturated carbocycles. The van der Waals surface area contributed by atoms with E-state index in [2.05, 4.69) is 25.3 Å². The average Bonchev–Trinajstić information content (AvgIpc) is 3.44. The summed E-state index contributed by atoms with van der Waals surface area (Å²) in [4.78, 5) is 12.6. The molecule has 1 fully saturated rings. The number of thioether (sulfide) groups is 1. The number of methoxy groups -OCH3 is 1. The molecule has 0 unspecified atom stereocenters. The van der Waals surface area contributed by atoms with Gasteiger partial charge in [-0.25, -0.2) is 5.43 Å². The van der Waals surface area contributed by atoms with Crippen molar-refractivity contribution in [2.75, 3.05) is 12.9 Å². The van der Waals surface area contributed by atoms with Crippen LogP contribution in [0.25, 0.3) is 11.4 Å². The summed E-state index contributed by atoms with van der Waals surface area (Å²) < 4.78 is 13.6. The zero-order chi connectivity index (χ0) is 28.4. The lowest BCUT2D eigenvalue weighted by Crippen LogP contribution is -2.20. The number of halogens is 1. The number of carbonyl (C=O) groups is 1. The standard InChI is InChI=1S/C31H32ClN5O3S/c1-39-28-18-23(12-17-27(28)40-20-22-8-4-2-5-9-22)19-33-34-29(38)21-41-31-36-35-30(24-13-15-25(32)16-14-24)37(31)26-10-6-3-7-11-26/h2,4-5,8-9,12-19,26H,3,6-7,10-11,20-21H2,1H3,(H,34,38). The normalized spacial score (nSPS) is 13.8. The smallest absolute Gasteiger partial charge is 0.250 e. The van der Waals surface area contributed by atoms with Crippen LogP contribution in [0, 0.1) is 0 Å². The van der Waals surface area contributed by atoms with Crippen molar-refractivity contribution in [3.8, 4) is 22.9 Å². The number of hydrogen-bond acceptors (Lipinski definition) is 7. The van der Waals surface area contributed by atoms with Gasteiger partial charge in [0.25, 0.3) is 5.91 Å². The highest BCUT2D eigenvalue weighted by Crippen LogP contribution is 2.36. The summed E-state index contributed by atoms with van der Waals surface area (Å²) >= 11 is 7.47. The molecule has 0 saturated heterocycles. The van der Waals surface area contributed by atoms with Crippen molar-refractivity contribution in [1.29, 1.82) is 0 Å². The highest BCUT2D eigenvalue weighted by Gasteiger charge is 2.24. The van der Waals surface area contributed by atoms with E-state index in [1.54, 1.807) is 13.3 Å². The van der Waals surface area contributed by atoms with Crippen LogP contribution in [0.3, 0.4) is 0 Å². The van der Waals surface area contributed by atoms with Gasteiger partial charge in [-0.05, 0) is 66.4 Å². The Kier molecular flexibility index (Phi) is 9.93. The molecule has 1 heterocycles. The van der Waals surface area contributed by atoms with Crippen LogP contribution in [-0.4, -0.2) is 39.7 Å². The van der Waals surface area contributed by atoms with Gasteiger partial charge in [0.2, 0.25) is 0 Å². The van der Waals surface area contributed by atoms with E-state index in [1.165, 1.54) is 31.0 Å². The monoisotopic (exact) mass is 589 g/mol. The number of rotatable bonds is 11. The molecule has 4 aromatic rings. The summed E-state index contributed by atoms with van der Waals surface area (Å²) in [6, 6.07) is 23.4. The van der Waals surface area contributed by atoms with Crippen molar-refractivity contribution >= 4 is 35.5 Å². The van der Waals surface area contributed by atoms with E-state index in [9.17, 15) is 4.79 Å². The van der Waals surface area contributed by atoms with Gasteiger partial charge in [0.1, 0.15) is 6.61 Å². The number of hydrogen-bond donors (Lipinski definition) is 1. The number of ether oxygens (including phenoxy) is 2. The lowest BCUT2D eigenvalue weighted by molar-refractivity contribution is -0.118. The summed E-state index contributed by atoms with van der Waals surface area (Å²) in [5, 5.41) is 14.5. The zero-order valence-corrected chi connectivity index (χ0v) is 24.4. The van der Waals surface area contributed by atoms with Crippen molar-refractivity contribution in [1.82, 2.24) is 20.2 Å². The number of nitrogens with one attached hydrogen (secondary N) is 1. The van der Waals surface area contributed by atoms with E-state index in [-0.39, 0.29) is 11.7 Å². The molecular formula is C31H32ClN5O3S. The first-order valence-corrected chi connectivity index (χ1v) is 15.0. The minimum absolute atomic E-state index is 0.165. The fraction of sp³-hybridized carbons (Fsp3) is 0.290. The van der Waals surface area contributed by atoms with Gasteiger partial charge in [-0.2, -0.15) is 5.10 Å². The summed E-state index contributed by atoms with van der Waals surface area (Å²) in [5.41, 5.74) is 5.41. The molecule has 0 spiro atoms. The van der Waals surface area contributed by atoms with Gasteiger partial charge in [0, 0.05) is 16.6 Å². The molecule has 1 aliphatic rings. The highest BCUT2D eigenvalue weighted by atomic mass is 35.5. The summed E-state index contributed by atoms with van der Waals surface area (Å²) in [6.07, 6.45) is 7.31. The van der Waals surface area contributed by atoms with Gasteiger partial charge in [0.15, 0.2) is 22.5 Å². The Balaban J connectivity index is 1.19. The molecule has 212 valence electrons. The molecule has 3 aromatic carbocycles. The van der Waals surface area contributed by atoms with Crippen LogP contribution in [0.5, 0.6) is 11.5 Å². The summed E-state index contributed by atoms with van der Waals surface area (Å²) in [7, 11) is 1.59. The molecule has 5 rings (SSSR count). The maximum absolute atomic E-state index is 12.6. The van der Waals surface area contributed by atoms with Crippen LogP contribution in [0.1, 0.15) is 49.3 Å². The quantitative estimate of drug-likeness (QED) is 0.116. The number of carbonyl (C=O) groups excluding carboxylic acids is 1. The molecular weight excluding hydrogens is 558 g/mol. The van der Waals surface area contributed by atoms with Crippen LogP contribution in [0.2, 0.25) is 5.02 Å². The Morgan fingerprint density at radius 3 is 2.59 bits per heavy atom. The second kappa shape index (κ2) is 14.2. The van der Waals surface area contributed by atoms with Gasteiger partial charge in [-0.1, -0.05) is 73.0 Å². The summed E-state index contributed by atoms with van der Waals surface area (Å²) in [6.45, 7) is 0.439. The lowest BCUT2D eigenvalue weighted by Gasteiger charge is -2.25. The van der Waals surface area contributed by atoms with Crippen LogP contribution in [-0.2, 0) is 11.4 Å². The SMILES string of the molecule is COc1cc(C=NNC(=O)CSc2nnc(-c3ccc(Cl)cc3)n2C2CCCCC2)ccc1OCc1ccccc1. The third-order valence-electron chi connectivity index (χ3n) is 6.87. The molecule has 1 amide bonds. The molecule has 1 aromatic heterocycles. The van der Waals surface area contributed by atoms with E-state index in [4.69, 9.17) is 21.1 Å². The van der Waals surface area contributed by atoms with E-state index in [0.29, 0.717) is 29.2 Å². The first-order valence-electron chi connectivity index (χ1n) is 13.6. The van der Waals surface area contributed by atoms with E-state index in [0.717, 1.165) is 40.5 Å². The van der Waals surface area contributed by atoms with E-state index >= 15 is 0 Å². The molecule has 8 nitrogen and oxygen atoms in total. The zero-order valence-electron chi connectivity index (χ0n) is 22.8. The fourth-order valence-corrected chi connectivity index (χ4v) is 5.72. The minimum Gasteiger partial charge on any atom is -0.493 e. The average molecular weight is 590 g/mol.